The number of amides is 1. The van der Waals surface area contributed by atoms with Crippen LogP contribution in [-0.2, 0) is 19.6 Å². The summed E-state index contributed by atoms with van der Waals surface area (Å²) in [5.74, 6) is -0.687. The Morgan fingerprint density at radius 3 is 2.36 bits per heavy atom. The van der Waals surface area contributed by atoms with Crippen LogP contribution in [0.4, 0.5) is 9.18 Å². The molecule has 4 rings (SSSR count). The average molecular weight is 476 g/mol. The Balaban J connectivity index is 1.85. The molecule has 2 aromatic carbocycles. The van der Waals surface area contributed by atoms with Crippen LogP contribution in [0, 0.1) is 5.82 Å². The first-order valence-electron chi connectivity index (χ1n) is 10.9. The minimum atomic E-state index is -1.09. The predicted molar refractivity (Wildman–Crippen MR) is 125 cm³/mol. The van der Waals surface area contributed by atoms with Crippen LogP contribution >= 0.6 is 11.6 Å². The Kier molecular flexibility index (Phi) is 5.92. The van der Waals surface area contributed by atoms with E-state index in [1.807, 2.05) is 65.0 Å². The van der Waals surface area contributed by atoms with Crippen LogP contribution in [0.2, 0.25) is 5.02 Å². The number of ether oxygens (including phenoxy) is 2. The highest BCUT2D eigenvalue weighted by molar-refractivity contribution is 6.66. The number of carbonyl (C=O) groups excluding carboxylic acids is 1. The molecule has 0 aliphatic carbocycles. The summed E-state index contributed by atoms with van der Waals surface area (Å²) in [6.07, 6.45) is -0.590. The Bertz CT molecular complexity index is 1060. The number of hydrogen-bond donors (Lipinski definition) is 1. The first-order valence-corrected chi connectivity index (χ1v) is 11.3. The molecule has 2 aliphatic rings. The number of carbonyl (C=O) groups is 1. The third-order valence-corrected chi connectivity index (χ3v) is 7.44. The van der Waals surface area contributed by atoms with Gasteiger partial charge in [-0.25, -0.2) is 9.18 Å². The van der Waals surface area contributed by atoms with Crippen LogP contribution in [0.15, 0.2) is 36.4 Å². The number of rotatable bonds is 4. The molecule has 0 unspecified atom stereocenters. The number of fused-ring (bicyclic) bond motifs is 1. The molecular formula is C24H28BClFNO5. The number of halogens is 2. The quantitative estimate of drug-likeness (QED) is 0.658. The van der Waals surface area contributed by atoms with E-state index in [1.54, 1.807) is 0 Å². The van der Waals surface area contributed by atoms with Crippen molar-refractivity contribution in [1.29, 1.82) is 0 Å². The zero-order valence-corrected chi connectivity index (χ0v) is 20.4. The van der Waals surface area contributed by atoms with Crippen LogP contribution in [-0.4, -0.2) is 38.1 Å². The molecular weight excluding hydrogens is 448 g/mol. The smallest absolute Gasteiger partial charge is 0.478 e. The van der Waals surface area contributed by atoms with E-state index in [1.165, 1.54) is 13.1 Å². The van der Waals surface area contributed by atoms with E-state index in [0.717, 1.165) is 5.56 Å². The van der Waals surface area contributed by atoms with E-state index in [4.69, 9.17) is 30.4 Å². The number of benzene rings is 2. The fourth-order valence-electron chi connectivity index (χ4n) is 4.39. The van der Waals surface area contributed by atoms with Gasteiger partial charge >= 0.3 is 13.2 Å². The van der Waals surface area contributed by atoms with Gasteiger partial charge in [0.15, 0.2) is 5.60 Å². The van der Waals surface area contributed by atoms with Gasteiger partial charge in [0.05, 0.1) is 16.2 Å². The Morgan fingerprint density at radius 2 is 1.79 bits per heavy atom. The van der Waals surface area contributed by atoms with Crippen molar-refractivity contribution >= 4 is 30.3 Å². The summed E-state index contributed by atoms with van der Waals surface area (Å²) in [4.78, 5) is 11.9. The lowest BCUT2D eigenvalue weighted by atomic mass is 9.70. The van der Waals surface area contributed by atoms with Crippen molar-refractivity contribution in [3.05, 3.63) is 58.4 Å². The van der Waals surface area contributed by atoms with Gasteiger partial charge in [0.2, 0.25) is 0 Å². The molecule has 1 saturated heterocycles. The van der Waals surface area contributed by atoms with Crippen LogP contribution in [0.5, 0.6) is 5.75 Å². The summed E-state index contributed by atoms with van der Waals surface area (Å²) in [6, 6.07) is 10.7. The molecule has 1 amide bonds. The minimum Gasteiger partial charge on any atom is -0.478 e. The van der Waals surface area contributed by atoms with Crippen molar-refractivity contribution in [2.45, 2.75) is 57.3 Å². The first-order chi connectivity index (χ1) is 15.4. The summed E-state index contributed by atoms with van der Waals surface area (Å²) in [7, 11) is 0.598. The van der Waals surface area contributed by atoms with E-state index in [0.29, 0.717) is 16.8 Å². The summed E-state index contributed by atoms with van der Waals surface area (Å²) in [5.41, 5.74) is -0.511. The van der Waals surface area contributed by atoms with Gasteiger partial charge in [-0.3, -0.25) is 0 Å². The van der Waals surface area contributed by atoms with Crippen molar-refractivity contribution in [3.8, 4) is 5.75 Å². The highest BCUT2D eigenvalue weighted by Gasteiger charge is 2.57. The van der Waals surface area contributed by atoms with Crippen LogP contribution in [0.25, 0.3) is 0 Å². The lowest BCUT2D eigenvalue weighted by Gasteiger charge is -2.33. The molecule has 0 spiro atoms. The van der Waals surface area contributed by atoms with Crippen molar-refractivity contribution in [2.75, 3.05) is 13.7 Å². The summed E-state index contributed by atoms with van der Waals surface area (Å²) in [5, 5.41) is 2.38. The highest BCUT2D eigenvalue weighted by atomic mass is 35.5. The lowest BCUT2D eigenvalue weighted by molar-refractivity contribution is -0.00236. The molecule has 2 atom stereocenters. The Labute approximate surface area is 198 Å². The Morgan fingerprint density at radius 1 is 1.18 bits per heavy atom. The molecule has 2 aliphatic heterocycles. The molecule has 0 saturated carbocycles. The Hall–Kier alpha value is -2.29. The molecule has 6 nitrogen and oxygen atoms in total. The molecule has 2 heterocycles. The monoisotopic (exact) mass is 475 g/mol. The maximum Gasteiger partial charge on any atom is 0.496 e. The number of hydrogen-bond acceptors (Lipinski definition) is 5. The maximum atomic E-state index is 15.0. The summed E-state index contributed by atoms with van der Waals surface area (Å²) >= 11 is 6.51. The molecule has 0 aromatic heterocycles. The van der Waals surface area contributed by atoms with E-state index in [-0.39, 0.29) is 17.5 Å². The number of nitrogens with one attached hydrogen (secondary N) is 1. The van der Waals surface area contributed by atoms with Gasteiger partial charge in [-0.15, -0.1) is 0 Å². The zero-order valence-electron chi connectivity index (χ0n) is 19.6. The molecule has 0 radical (unpaired) electrons. The topological polar surface area (TPSA) is 66.0 Å². The van der Waals surface area contributed by atoms with Crippen molar-refractivity contribution in [2.24, 2.45) is 0 Å². The molecule has 1 fully saturated rings. The van der Waals surface area contributed by atoms with E-state index >= 15 is 4.39 Å². The van der Waals surface area contributed by atoms with Gasteiger partial charge in [0.1, 0.15) is 18.2 Å². The third kappa shape index (κ3) is 3.78. The van der Waals surface area contributed by atoms with Gasteiger partial charge in [-0.1, -0.05) is 48.9 Å². The second kappa shape index (κ2) is 8.18. The summed E-state index contributed by atoms with van der Waals surface area (Å²) < 4.78 is 39.3. The largest absolute Gasteiger partial charge is 0.496 e. The average Bonchev–Trinajstić information content (AvgIpc) is 3.16. The van der Waals surface area contributed by atoms with Gasteiger partial charge in [0, 0.05) is 30.1 Å². The van der Waals surface area contributed by atoms with Crippen molar-refractivity contribution in [3.63, 3.8) is 0 Å². The van der Waals surface area contributed by atoms with Gasteiger partial charge in [0.25, 0.3) is 0 Å². The maximum absolute atomic E-state index is 15.0. The van der Waals surface area contributed by atoms with Crippen molar-refractivity contribution in [1.82, 2.24) is 5.32 Å². The van der Waals surface area contributed by atoms with Crippen LogP contribution in [0.3, 0.4) is 0 Å². The van der Waals surface area contributed by atoms with Gasteiger partial charge < -0.3 is 24.1 Å². The van der Waals surface area contributed by atoms with Gasteiger partial charge in [-0.2, -0.15) is 0 Å². The summed E-state index contributed by atoms with van der Waals surface area (Å²) in [6.45, 7) is 9.54. The fraction of sp³-hybridized carbons (Fsp3) is 0.458. The zero-order chi connectivity index (χ0) is 24.2. The SMILES string of the molecule is CNC(=O)OC[C@]1(c2ccccc2)Oc2cc(F)c(Cl)c(B3OC(C)(C)C(C)(C)O3)c2[C@@H]1C. The fourth-order valence-corrected chi connectivity index (χ4v) is 4.63. The standard InChI is InChI=1S/C24H28BClFNO5/c1-14-18-17(31-24(14,13-30-21(29)28-6)15-10-8-7-9-11-15)12-16(27)20(26)19(18)25-32-22(2,3)23(4,5)33-25/h7-12,14H,13H2,1-6H3,(H,28,29)/t14-,24-/m0/s1. The van der Waals surface area contributed by atoms with Crippen molar-refractivity contribution < 1.29 is 28.0 Å². The molecule has 176 valence electrons. The molecule has 9 heteroatoms. The molecule has 0 bridgehead atoms. The normalized spacial score (nSPS) is 24.8. The molecule has 33 heavy (non-hydrogen) atoms. The first kappa shape index (κ1) is 23.9. The molecule has 1 N–H and O–H groups in total. The molecule has 2 aromatic rings. The minimum absolute atomic E-state index is 0.0706. The third-order valence-electron chi connectivity index (χ3n) is 7.06. The van der Waals surface area contributed by atoms with Gasteiger partial charge in [-0.05, 0) is 33.3 Å². The van der Waals surface area contributed by atoms with E-state index in [2.05, 4.69) is 5.32 Å². The van der Waals surface area contributed by atoms with E-state index in [9.17, 15) is 4.79 Å². The lowest BCUT2D eigenvalue weighted by Crippen LogP contribution is -2.43. The number of alkyl carbamates (subject to hydrolysis) is 1. The van der Waals surface area contributed by atoms with E-state index < -0.39 is 35.8 Å². The second-order valence-electron chi connectivity index (χ2n) is 9.49. The predicted octanol–water partition coefficient (Wildman–Crippen LogP) is 4.53. The van der Waals surface area contributed by atoms with Crippen LogP contribution in [0.1, 0.15) is 51.7 Å². The highest BCUT2D eigenvalue weighted by Crippen LogP contribution is 2.51. The van der Waals surface area contributed by atoms with Crippen LogP contribution < -0.4 is 15.5 Å². The second-order valence-corrected chi connectivity index (χ2v) is 9.87.